The lowest BCUT2D eigenvalue weighted by Gasteiger charge is -2.37. The van der Waals surface area contributed by atoms with Crippen LogP contribution in [0.15, 0.2) is 30.0 Å². The molecule has 120 valence electrons. The van der Waals surface area contributed by atoms with Gasteiger partial charge in [-0.25, -0.2) is 9.97 Å². The summed E-state index contributed by atoms with van der Waals surface area (Å²) in [5, 5.41) is 20.3. The number of morpholine rings is 1. The van der Waals surface area contributed by atoms with Crippen LogP contribution in [-0.4, -0.2) is 51.1 Å². The quantitative estimate of drug-likeness (QED) is 0.757. The van der Waals surface area contributed by atoms with E-state index in [2.05, 4.69) is 25.1 Å². The van der Waals surface area contributed by atoms with E-state index in [1.54, 1.807) is 17.5 Å². The van der Waals surface area contributed by atoms with Gasteiger partial charge in [-0.15, -0.1) is 11.3 Å². The molecule has 0 spiro atoms. The summed E-state index contributed by atoms with van der Waals surface area (Å²) in [4.78, 5) is 11.8. The highest BCUT2D eigenvalue weighted by Crippen LogP contribution is 2.30. The molecule has 1 aliphatic heterocycles. The molecule has 2 N–H and O–H groups in total. The largest absolute Gasteiger partial charge is 0.387 e. The van der Waals surface area contributed by atoms with E-state index in [-0.39, 0.29) is 6.04 Å². The molecule has 0 aliphatic carbocycles. The fourth-order valence-electron chi connectivity index (χ4n) is 2.96. The minimum atomic E-state index is -0.495. The minimum Gasteiger partial charge on any atom is -0.387 e. The third-order valence-corrected chi connectivity index (χ3v) is 5.07. The Morgan fingerprint density at radius 1 is 1.48 bits per heavy atom. The summed E-state index contributed by atoms with van der Waals surface area (Å²) in [6.45, 7) is 1.96. The second-order valence-corrected chi connectivity index (χ2v) is 6.50. The van der Waals surface area contributed by atoms with Crippen LogP contribution in [0.25, 0.3) is 11.0 Å². The zero-order valence-corrected chi connectivity index (χ0v) is 13.2. The first-order valence-corrected chi connectivity index (χ1v) is 8.41. The maximum Gasteiger partial charge on any atom is 0.160 e. The molecule has 0 saturated carbocycles. The van der Waals surface area contributed by atoms with Gasteiger partial charge in [0, 0.05) is 17.8 Å². The van der Waals surface area contributed by atoms with Gasteiger partial charge in [0.15, 0.2) is 5.65 Å². The third-order valence-electron chi connectivity index (χ3n) is 4.09. The van der Waals surface area contributed by atoms with E-state index in [1.165, 1.54) is 6.33 Å². The van der Waals surface area contributed by atoms with Gasteiger partial charge in [0.05, 0.1) is 36.9 Å². The van der Waals surface area contributed by atoms with Crippen molar-refractivity contribution in [3.8, 4) is 0 Å². The molecule has 0 radical (unpaired) electrons. The van der Waals surface area contributed by atoms with Crippen molar-refractivity contribution in [2.75, 3.05) is 24.7 Å². The van der Waals surface area contributed by atoms with Crippen LogP contribution in [0.5, 0.6) is 0 Å². The van der Waals surface area contributed by atoms with E-state index in [0.717, 1.165) is 28.3 Å². The molecule has 2 unspecified atom stereocenters. The van der Waals surface area contributed by atoms with Crippen LogP contribution in [0, 0.1) is 0 Å². The number of aliphatic hydroxyl groups is 1. The fraction of sp³-hybridized carbons (Fsp3) is 0.400. The number of H-pyrrole nitrogens is 1. The third kappa shape index (κ3) is 2.80. The number of aromatic nitrogens is 4. The Bertz CT molecular complexity index is 775. The molecule has 0 aromatic carbocycles. The number of nitrogens with zero attached hydrogens (tertiary/aromatic N) is 4. The van der Waals surface area contributed by atoms with Crippen LogP contribution >= 0.6 is 11.3 Å². The lowest BCUT2D eigenvalue weighted by Crippen LogP contribution is -2.46. The monoisotopic (exact) mass is 331 g/mol. The van der Waals surface area contributed by atoms with Gasteiger partial charge in [-0.1, -0.05) is 6.07 Å². The van der Waals surface area contributed by atoms with E-state index in [0.29, 0.717) is 19.6 Å². The summed E-state index contributed by atoms with van der Waals surface area (Å²) >= 11 is 1.57. The molecule has 3 aromatic heterocycles. The highest BCUT2D eigenvalue weighted by atomic mass is 32.1. The number of anilines is 1. The number of ether oxygens (including phenoxy) is 1. The molecule has 0 bridgehead atoms. The molecular formula is C15H17N5O2S. The number of hydrogen-bond acceptors (Lipinski definition) is 7. The Morgan fingerprint density at radius 3 is 3.30 bits per heavy atom. The van der Waals surface area contributed by atoms with Gasteiger partial charge in [-0.05, 0) is 11.4 Å². The molecule has 0 amide bonds. The van der Waals surface area contributed by atoms with Crippen LogP contribution < -0.4 is 4.90 Å². The number of hydrogen-bond donors (Lipinski definition) is 2. The first-order chi connectivity index (χ1) is 11.3. The first kappa shape index (κ1) is 14.6. The summed E-state index contributed by atoms with van der Waals surface area (Å²) in [6.07, 6.45) is 3.39. The average molecular weight is 331 g/mol. The molecule has 4 heterocycles. The van der Waals surface area contributed by atoms with Crippen molar-refractivity contribution in [3.63, 3.8) is 0 Å². The Kier molecular flexibility index (Phi) is 3.94. The normalized spacial score (nSPS) is 20.0. The van der Waals surface area contributed by atoms with Crippen LogP contribution in [-0.2, 0) is 4.74 Å². The number of rotatable bonds is 4. The van der Waals surface area contributed by atoms with Crippen LogP contribution in [0.3, 0.4) is 0 Å². The first-order valence-electron chi connectivity index (χ1n) is 7.53. The standard InChI is InChI=1S/C15H17N5O2S/c21-12(13-2-1-5-23-13)6-10-8-22-4-3-20(10)15-11-7-18-19-14(11)16-9-17-15/h1-2,5,7,9-10,12,21H,3-4,6,8H2,(H,16,17,18,19). The van der Waals surface area contributed by atoms with Gasteiger partial charge in [0.25, 0.3) is 0 Å². The van der Waals surface area contributed by atoms with Gasteiger partial charge in [-0.2, -0.15) is 5.10 Å². The van der Waals surface area contributed by atoms with E-state index in [9.17, 15) is 5.11 Å². The SMILES string of the molecule is OC(CC1COCCN1c1ncnc2[nH]ncc12)c1cccs1. The maximum atomic E-state index is 10.5. The Hall–Kier alpha value is -2.03. The second-order valence-electron chi connectivity index (χ2n) is 5.52. The van der Waals surface area contributed by atoms with Crippen LogP contribution in [0.2, 0.25) is 0 Å². The van der Waals surface area contributed by atoms with E-state index >= 15 is 0 Å². The molecule has 23 heavy (non-hydrogen) atoms. The molecule has 1 saturated heterocycles. The summed E-state index contributed by atoms with van der Waals surface area (Å²) in [6, 6.07) is 3.98. The summed E-state index contributed by atoms with van der Waals surface area (Å²) in [7, 11) is 0. The van der Waals surface area contributed by atoms with Gasteiger partial charge in [-0.3, -0.25) is 5.10 Å². The highest BCUT2D eigenvalue weighted by molar-refractivity contribution is 7.10. The van der Waals surface area contributed by atoms with Crippen molar-refractivity contribution >= 4 is 28.2 Å². The smallest absolute Gasteiger partial charge is 0.160 e. The lowest BCUT2D eigenvalue weighted by atomic mass is 10.1. The van der Waals surface area contributed by atoms with Gasteiger partial charge in [0.1, 0.15) is 12.1 Å². The predicted octanol–water partition coefficient (Wildman–Crippen LogP) is 1.74. The predicted molar refractivity (Wildman–Crippen MR) is 87.5 cm³/mol. The lowest BCUT2D eigenvalue weighted by molar-refractivity contribution is 0.0686. The minimum absolute atomic E-state index is 0.0637. The summed E-state index contributed by atoms with van der Waals surface area (Å²) in [5.41, 5.74) is 0.721. The average Bonchev–Trinajstić information content (AvgIpc) is 3.26. The zero-order chi connectivity index (χ0) is 15.6. The number of thiophene rings is 1. The van der Waals surface area contributed by atoms with Crippen molar-refractivity contribution < 1.29 is 9.84 Å². The molecule has 1 fully saturated rings. The Labute approximate surface area is 136 Å². The van der Waals surface area contributed by atoms with Crippen molar-refractivity contribution in [3.05, 3.63) is 34.9 Å². The van der Waals surface area contributed by atoms with E-state index < -0.39 is 6.10 Å². The molecule has 4 rings (SSSR count). The Balaban J connectivity index is 1.61. The fourth-order valence-corrected chi connectivity index (χ4v) is 3.69. The molecule has 7 nitrogen and oxygen atoms in total. The van der Waals surface area contributed by atoms with Crippen molar-refractivity contribution in [2.45, 2.75) is 18.6 Å². The maximum absolute atomic E-state index is 10.5. The number of aromatic amines is 1. The number of aliphatic hydroxyl groups excluding tert-OH is 1. The summed E-state index contributed by atoms with van der Waals surface area (Å²) < 4.78 is 5.63. The second kappa shape index (κ2) is 6.23. The van der Waals surface area contributed by atoms with Crippen molar-refractivity contribution in [2.24, 2.45) is 0 Å². The van der Waals surface area contributed by atoms with Crippen LogP contribution in [0.4, 0.5) is 5.82 Å². The Morgan fingerprint density at radius 2 is 2.43 bits per heavy atom. The highest BCUT2D eigenvalue weighted by Gasteiger charge is 2.28. The molecular weight excluding hydrogens is 314 g/mol. The number of nitrogens with one attached hydrogen (secondary N) is 1. The van der Waals surface area contributed by atoms with E-state index in [1.807, 2.05) is 17.5 Å². The van der Waals surface area contributed by atoms with Crippen molar-refractivity contribution in [1.82, 2.24) is 20.2 Å². The van der Waals surface area contributed by atoms with Crippen LogP contribution in [0.1, 0.15) is 17.4 Å². The number of fused-ring (bicyclic) bond motifs is 1. The molecule has 3 aromatic rings. The molecule has 1 aliphatic rings. The van der Waals surface area contributed by atoms with Gasteiger partial charge in [0.2, 0.25) is 0 Å². The summed E-state index contributed by atoms with van der Waals surface area (Å²) in [5.74, 6) is 0.843. The van der Waals surface area contributed by atoms with Gasteiger partial charge < -0.3 is 14.7 Å². The molecule has 8 heteroatoms. The van der Waals surface area contributed by atoms with E-state index in [4.69, 9.17) is 4.74 Å². The zero-order valence-electron chi connectivity index (χ0n) is 12.4. The molecule has 2 atom stereocenters. The van der Waals surface area contributed by atoms with Crippen molar-refractivity contribution in [1.29, 1.82) is 0 Å². The topological polar surface area (TPSA) is 87.2 Å². The van der Waals surface area contributed by atoms with Gasteiger partial charge >= 0.3 is 0 Å².